The zero-order chi connectivity index (χ0) is 18.7. The highest BCUT2D eigenvalue weighted by Crippen LogP contribution is 2.50. The first-order valence-corrected chi connectivity index (χ1v) is 10.3. The van der Waals surface area contributed by atoms with Crippen molar-refractivity contribution in [2.45, 2.75) is 55.6 Å². The molecule has 1 atom stereocenters. The molecule has 3 fully saturated rings. The molecule has 4 rings (SSSR count). The van der Waals surface area contributed by atoms with E-state index in [9.17, 15) is 4.79 Å². The van der Waals surface area contributed by atoms with Crippen molar-refractivity contribution in [3.05, 3.63) is 35.9 Å². The molecule has 1 aromatic carbocycles. The highest BCUT2D eigenvalue weighted by Gasteiger charge is 2.54. The van der Waals surface area contributed by atoms with Crippen LogP contribution in [0.15, 0.2) is 30.3 Å². The molecule has 5 heteroatoms. The quantitative estimate of drug-likeness (QED) is 0.720. The average molecular weight is 373 g/mol. The highest BCUT2D eigenvalue weighted by atomic mass is 16.5. The summed E-state index contributed by atoms with van der Waals surface area (Å²) in [6, 6.07) is 10.3. The van der Waals surface area contributed by atoms with Gasteiger partial charge < -0.3 is 19.1 Å². The van der Waals surface area contributed by atoms with Crippen LogP contribution >= 0.6 is 0 Å². The molecule has 1 aromatic rings. The summed E-state index contributed by atoms with van der Waals surface area (Å²) in [5.74, 6) is 0.312. The minimum Gasteiger partial charge on any atom is -0.382 e. The standard InChI is InChI=1S/C22H31NO4/c1-25-15-16-26-19-7-14-27-21(17-19)10-12-23(13-11-21)20(24)22(8-9-22)18-5-3-2-4-6-18/h2-6,19H,7-17H2,1H3. The van der Waals surface area contributed by atoms with Crippen molar-refractivity contribution in [2.24, 2.45) is 0 Å². The normalized spacial score (nSPS) is 26.1. The van der Waals surface area contributed by atoms with Gasteiger partial charge in [0.05, 0.1) is 30.3 Å². The van der Waals surface area contributed by atoms with Crippen LogP contribution in [0, 0.1) is 0 Å². The fraction of sp³-hybridized carbons (Fsp3) is 0.682. The maximum atomic E-state index is 13.2. The summed E-state index contributed by atoms with van der Waals surface area (Å²) in [5, 5.41) is 0. The Morgan fingerprint density at radius 1 is 1.15 bits per heavy atom. The number of hydrogen-bond donors (Lipinski definition) is 0. The zero-order valence-electron chi connectivity index (χ0n) is 16.3. The highest BCUT2D eigenvalue weighted by molar-refractivity contribution is 5.91. The molecule has 0 bridgehead atoms. The lowest BCUT2D eigenvalue weighted by Crippen LogP contribution is -2.53. The minimum absolute atomic E-state index is 0.115. The number of carbonyl (C=O) groups excluding carboxylic acids is 1. The Hall–Kier alpha value is -1.43. The third-order valence-corrected chi connectivity index (χ3v) is 6.54. The number of hydrogen-bond acceptors (Lipinski definition) is 4. The van der Waals surface area contributed by atoms with Crippen LogP contribution in [0.4, 0.5) is 0 Å². The molecule has 1 aliphatic carbocycles. The first kappa shape index (κ1) is 18.9. The van der Waals surface area contributed by atoms with Gasteiger partial charge in [0.1, 0.15) is 0 Å². The lowest BCUT2D eigenvalue weighted by molar-refractivity contribution is -0.163. The second kappa shape index (κ2) is 7.90. The number of methoxy groups -OCH3 is 1. The second-order valence-electron chi connectivity index (χ2n) is 8.25. The molecule has 2 heterocycles. The predicted molar refractivity (Wildman–Crippen MR) is 103 cm³/mol. The van der Waals surface area contributed by atoms with Crippen LogP contribution in [0.25, 0.3) is 0 Å². The van der Waals surface area contributed by atoms with Gasteiger partial charge in [-0.05, 0) is 37.7 Å². The zero-order valence-corrected chi connectivity index (χ0v) is 16.3. The Kier molecular flexibility index (Phi) is 5.53. The first-order valence-electron chi connectivity index (χ1n) is 10.3. The van der Waals surface area contributed by atoms with Gasteiger partial charge in [-0.2, -0.15) is 0 Å². The van der Waals surface area contributed by atoms with Gasteiger partial charge >= 0.3 is 0 Å². The van der Waals surface area contributed by atoms with Gasteiger partial charge in [0.25, 0.3) is 0 Å². The number of carbonyl (C=O) groups is 1. The van der Waals surface area contributed by atoms with Crippen molar-refractivity contribution < 1.29 is 19.0 Å². The fourth-order valence-electron chi connectivity index (χ4n) is 4.70. The summed E-state index contributed by atoms with van der Waals surface area (Å²) in [7, 11) is 1.70. The minimum atomic E-state index is -0.259. The van der Waals surface area contributed by atoms with Gasteiger partial charge in [-0.3, -0.25) is 4.79 Å². The van der Waals surface area contributed by atoms with Crippen LogP contribution in [0.2, 0.25) is 0 Å². The summed E-state index contributed by atoms with van der Waals surface area (Å²) >= 11 is 0. The fourth-order valence-corrected chi connectivity index (χ4v) is 4.70. The van der Waals surface area contributed by atoms with Crippen molar-refractivity contribution in [3.8, 4) is 0 Å². The van der Waals surface area contributed by atoms with Crippen LogP contribution in [0.1, 0.15) is 44.1 Å². The second-order valence-corrected chi connectivity index (χ2v) is 8.25. The van der Waals surface area contributed by atoms with E-state index >= 15 is 0 Å². The molecular formula is C22H31NO4. The first-order chi connectivity index (χ1) is 13.2. The SMILES string of the molecule is COCCOC1CCOC2(CCN(C(=O)C3(c4ccccc4)CC3)CC2)C1. The third kappa shape index (κ3) is 3.91. The van der Waals surface area contributed by atoms with E-state index in [2.05, 4.69) is 17.0 Å². The molecule has 2 aliphatic heterocycles. The maximum absolute atomic E-state index is 13.2. The molecule has 1 saturated carbocycles. The third-order valence-electron chi connectivity index (χ3n) is 6.54. The molecule has 1 spiro atoms. The molecule has 5 nitrogen and oxygen atoms in total. The predicted octanol–water partition coefficient (Wildman–Crippen LogP) is 2.92. The molecule has 0 aromatic heterocycles. The number of likely N-dealkylation sites (tertiary alicyclic amines) is 1. The van der Waals surface area contributed by atoms with Gasteiger partial charge in [-0.1, -0.05) is 30.3 Å². The van der Waals surface area contributed by atoms with E-state index < -0.39 is 0 Å². The Morgan fingerprint density at radius 3 is 2.56 bits per heavy atom. The van der Waals surface area contributed by atoms with Gasteiger partial charge in [0.2, 0.25) is 5.91 Å². The molecule has 0 N–H and O–H groups in total. The number of amides is 1. The molecule has 3 aliphatic rings. The number of rotatable bonds is 6. The summed E-state index contributed by atoms with van der Waals surface area (Å²) in [6.45, 7) is 3.60. The van der Waals surface area contributed by atoms with Crippen molar-refractivity contribution in [1.29, 1.82) is 0 Å². The van der Waals surface area contributed by atoms with Crippen LogP contribution in [-0.4, -0.2) is 62.5 Å². The number of nitrogens with zero attached hydrogens (tertiary/aromatic N) is 1. The molecule has 0 radical (unpaired) electrons. The van der Waals surface area contributed by atoms with Crippen LogP contribution < -0.4 is 0 Å². The number of benzene rings is 1. The van der Waals surface area contributed by atoms with Crippen LogP contribution in [0.3, 0.4) is 0 Å². The van der Waals surface area contributed by atoms with Crippen molar-refractivity contribution in [2.75, 3.05) is 40.0 Å². The van der Waals surface area contributed by atoms with Gasteiger partial charge in [-0.25, -0.2) is 0 Å². The molecule has 1 amide bonds. The van der Waals surface area contributed by atoms with E-state index in [0.29, 0.717) is 19.1 Å². The average Bonchev–Trinajstić information content (AvgIpc) is 3.51. The van der Waals surface area contributed by atoms with Crippen LogP contribution in [0.5, 0.6) is 0 Å². The Morgan fingerprint density at radius 2 is 1.89 bits per heavy atom. The monoisotopic (exact) mass is 373 g/mol. The molecule has 27 heavy (non-hydrogen) atoms. The van der Waals surface area contributed by atoms with Crippen molar-refractivity contribution >= 4 is 5.91 Å². The van der Waals surface area contributed by atoms with E-state index in [1.165, 1.54) is 5.56 Å². The van der Waals surface area contributed by atoms with E-state index in [0.717, 1.165) is 58.2 Å². The molecular weight excluding hydrogens is 342 g/mol. The smallest absolute Gasteiger partial charge is 0.233 e. The van der Waals surface area contributed by atoms with Crippen molar-refractivity contribution in [3.63, 3.8) is 0 Å². The van der Waals surface area contributed by atoms with Gasteiger partial charge in [-0.15, -0.1) is 0 Å². The Balaban J connectivity index is 1.34. The van der Waals surface area contributed by atoms with Gasteiger partial charge in [0, 0.05) is 33.2 Å². The molecule has 2 saturated heterocycles. The summed E-state index contributed by atoms with van der Waals surface area (Å²) in [5.41, 5.74) is 0.803. The molecule has 1 unspecified atom stereocenters. The largest absolute Gasteiger partial charge is 0.382 e. The van der Waals surface area contributed by atoms with Crippen molar-refractivity contribution in [1.82, 2.24) is 4.90 Å². The van der Waals surface area contributed by atoms with E-state index in [1.54, 1.807) is 7.11 Å². The lowest BCUT2D eigenvalue weighted by Gasteiger charge is -2.46. The lowest BCUT2D eigenvalue weighted by atomic mass is 9.82. The van der Waals surface area contributed by atoms with Gasteiger partial charge in [0.15, 0.2) is 0 Å². The molecule has 148 valence electrons. The summed E-state index contributed by atoms with van der Waals surface area (Å²) in [6.07, 6.45) is 5.90. The van der Waals surface area contributed by atoms with E-state index in [4.69, 9.17) is 14.2 Å². The van der Waals surface area contributed by atoms with E-state index in [-0.39, 0.29) is 17.1 Å². The van der Waals surface area contributed by atoms with E-state index in [1.807, 2.05) is 18.2 Å². The topological polar surface area (TPSA) is 48.0 Å². The Bertz CT molecular complexity index is 635. The van der Waals surface area contributed by atoms with Crippen LogP contribution in [-0.2, 0) is 24.4 Å². The number of piperidine rings is 1. The maximum Gasteiger partial charge on any atom is 0.233 e. The summed E-state index contributed by atoms with van der Waals surface area (Å²) < 4.78 is 17.3. The Labute approximate surface area is 162 Å². The summed E-state index contributed by atoms with van der Waals surface area (Å²) in [4.78, 5) is 15.3. The number of ether oxygens (including phenoxy) is 3.